The van der Waals surface area contributed by atoms with Crippen LogP contribution in [0.5, 0.6) is 0 Å². The molecule has 0 spiro atoms. The quantitative estimate of drug-likeness (QED) is 0.564. The van der Waals surface area contributed by atoms with Gasteiger partial charge in [0.05, 0.1) is 6.04 Å². The van der Waals surface area contributed by atoms with Crippen LogP contribution in [0.1, 0.15) is 6.42 Å². The first kappa shape index (κ1) is 9.18. The minimum Gasteiger partial charge on any atom is -0.465 e. The molecule has 6 heteroatoms. The van der Waals surface area contributed by atoms with Crippen LogP contribution in [-0.4, -0.2) is 41.2 Å². The molecular weight excluding hydrogens is 170 g/mol. The maximum atomic E-state index is 12.7. The maximum Gasteiger partial charge on any atom is 0.407 e. The lowest BCUT2D eigenvalue weighted by atomic mass is 10.0. The summed E-state index contributed by atoms with van der Waals surface area (Å²) in [5, 5.41) is 8.45. The summed E-state index contributed by atoms with van der Waals surface area (Å²) in [4.78, 5) is 11.2. The lowest BCUT2D eigenvalue weighted by molar-refractivity contribution is -0.0673. The number of alkyl halides is 2. The average molecular weight is 180 g/mol. The van der Waals surface area contributed by atoms with Crippen molar-refractivity contribution in [3.05, 3.63) is 0 Å². The number of halogens is 2. The third kappa shape index (κ3) is 1.63. The Bertz CT molecular complexity index is 198. The fourth-order valence-corrected chi connectivity index (χ4v) is 1.11. The number of hydrogen-bond donors (Lipinski definition) is 2. The third-order valence-corrected chi connectivity index (χ3v) is 1.95. The van der Waals surface area contributed by atoms with Gasteiger partial charge in [-0.25, -0.2) is 13.6 Å². The van der Waals surface area contributed by atoms with E-state index in [4.69, 9.17) is 10.8 Å². The minimum absolute atomic E-state index is 0.143. The van der Waals surface area contributed by atoms with E-state index in [1.165, 1.54) is 0 Å². The summed E-state index contributed by atoms with van der Waals surface area (Å²) >= 11 is 0. The molecule has 0 saturated carbocycles. The number of carboxylic acid groups (broad SMARTS) is 1. The molecule has 0 radical (unpaired) electrons. The Hall–Kier alpha value is -0.910. The maximum absolute atomic E-state index is 12.7. The van der Waals surface area contributed by atoms with Crippen LogP contribution in [0.4, 0.5) is 13.6 Å². The fourth-order valence-electron chi connectivity index (χ4n) is 1.11. The lowest BCUT2D eigenvalue weighted by Gasteiger charge is -2.34. The number of piperidine rings is 1. The summed E-state index contributed by atoms with van der Waals surface area (Å²) in [6, 6.07) is -1.37. The van der Waals surface area contributed by atoms with Gasteiger partial charge >= 0.3 is 6.09 Å². The highest BCUT2D eigenvalue weighted by Crippen LogP contribution is 2.26. The normalized spacial score (nSPS) is 28.6. The summed E-state index contributed by atoms with van der Waals surface area (Å²) in [6.45, 7) is -0.432. The molecule has 1 heterocycles. The van der Waals surface area contributed by atoms with Gasteiger partial charge in [-0.05, 0) is 0 Å². The number of carbonyl (C=O) groups is 1. The van der Waals surface area contributed by atoms with Crippen LogP contribution in [0, 0.1) is 0 Å². The molecule has 0 aromatic carbocycles. The Balaban J connectivity index is 2.58. The van der Waals surface area contributed by atoms with Crippen LogP contribution in [0.25, 0.3) is 0 Å². The van der Waals surface area contributed by atoms with Crippen LogP contribution >= 0.6 is 0 Å². The largest absolute Gasteiger partial charge is 0.465 e. The highest BCUT2D eigenvalue weighted by atomic mass is 19.3. The average Bonchev–Trinajstić information content (AvgIpc) is 1.94. The van der Waals surface area contributed by atoms with E-state index in [1.54, 1.807) is 0 Å². The number of likely N-dealkylation sites (tertiary alicyclic amines) is 1. The van der Waals surface area contributed by atoms with Gasteiger partial charge in [0, 0.05) is 19.5 Å². The first-order valence-corrected chi connectivity index (χ1v) is 3.55. The molecule has 0 unspecified atom stereocenters. The molecule has 12 heavy (non-hydrogen) atoms. The van der Waals surface area contributed by atoms with Crippen molar-refractivity contribution in [2.45, 2.75) is 18.4 Å². The van der Waals surface area contributed by atoms with Crippen LogP contribution in [0.2, 0.25) is 0 Å². The smallest absolute Gasteiger partial charge is 0.407 e. The molecule has 4 nitrogen and oxygen atoms in total. The zero-order valence-electron chi connectivity index (χ0n) is 6.33. The van der Waals surface area contributed by atoms with Crippen LogP contribution < -0.4 is 5.73 Å². The summed E-state index contributed by atoms with van der Waals surface area (Å²) in [5.41, 5.74) is 5.09. The predicted octanol–water partition coefficient (Wildman–Crippen LogP) is 0.333. The standard InChI is InChI=1S/C6H10F2N2O2/c7-6(8)1-2-10(5(11)12)3-4(6)9/h4H,1-3,9H2,(H,11,12)/t4-/m0/s1. The van der Waals surface area contributed by atoms with Gasteiger partial charge in [-0.1, -0.05) is 0 Å². The molecule has 1 amide bonds. The molecule has 0 bridgehead atoms. The first-order chi connectivity index (χ1) is 5.43. The Kier molecular flexibility index (Phi) is 2.18. The van der Waals surface area contributed by atoms with Gasteiger partial charge in [-0.2, -0.15) is 0 Å². The van der Waals surface area contributed by atoms with Crippen molar-refractivity contribution >= 4 is 6.09 Å². The summed E-state index contributed by atoms with van der Waals surface area (Å²) in [5.74, 6) is -2.92. The van der Waals surface area contributed by atoms with Gasteiger partial charge in [-0.3, -0.25) is 0 Å². The van der Waals surface area contributed by atoms with Crippen molar-refractivity contribution in [1.29, 1.82) is 0 Å². The van der Waals surface area contributed by atoms with Gasteiger partial charge in [0.25, 0.3) is 5.92 Å². The molecule has 70 valence electrons. The van der Waals surface area contributed by atoms with Gasteiger partial charge in [0.1, 0.15) is 0 Å². The van der Waals surface area contributed by atoms with Crippen molar-refractivity contribution in [2.75, 3.05) is 13.1 Å². The van der Waals surface area contributed by atoms with Crippen LogP contribution in [0.15, 0.2) is 0 Å². The lowest BCUT2D eigenvalue weighted by Crippen LogP contribution is -2.56. The number of rotatable bonds is 0. The van der Waals surface area contributed by atoms with E-state index in [1.807, 2.05) is 0 Å². The van der Waals surface area contributed by atoms with Crippen molar-refractivity contribution in [3.63, 3.8) is 0 Å². The van der Waals surface area contributed by atoms with Crippen molar-refractivity contribution in [1.82, 2.24) is 4.90 Å². The zero-order chi connectivity index (χ0) is 9.35. The molecule has 1 aliphatic rings. The van der Waals surface area contributed by atoms with E-state index in [0.717, 1.165) is 4.90 Å². The fraction of sp³-hybridized carbons (Fsp3) is 0.833. The van der Waals surface area contributed by atoms with Gasteiger partial charge < -0.3 is 15.7 Å². The van der Waals surface area contributed by atoms with Crippen LogP contribution in [0.3, 0.4) is 0 Å². The molecule has 1 rings (SSSR count). The second kappa shape index (κ2) is 2.85. The Morgan fingerprint density at radius 1 is 1.67 bits per heavy atom. The van der Waals surface area contributed by atoms with Gasteiger partial charge in [0.2, 0.25) is 0 Å². The van der Waals surface area contributed by atoms with E-state index in [2.05, 4.69) is 0 Å². The highest BCUT2D eigenvalue weighted by molar-refractivity contribution is 5.65. The summed E-state index contributed by atoms with van der Waals surface area (Å²) in [7, 11) is 0. The van der Waals surface area contributed by atoms with Gasteiger partial charge in [-0.15, -0.1) is 0 Å². The van der Waals surface area contributed by atoms with Crippen molar-refractivity contribution in [2.24, 2.45) is 5.73 Å². The van der Waals surface area contributed by atoms with Gasteiger partial charge in [0.15, 0.2) is 0 Å². The number of nitrogens with two attached hydrogens (primary N) is 1. The topological polar surface area (TPSA) is 66.6 Å². The molecule has 3 N–H and O–H groups in total. The minimum atomic E-state index is -2.92. The zero-order valence-corrected chi connectivity index (χ0v) is 6.33. The Morgan fingerprint density at radius 2 is 2.25 bits per heavy atom. The SMILES string of the molecule is N[C@H]1CN(C(=O)O)CCC1(F)F. The molecule has 0 aromatic rings. The Labute approximate surface area is 67.9 Å². The molecule has 0 aromatic heterocycles. The highest BCUT2D eigenvalue weighted by Gasteiger charge is 2.42. The molecule has 1 saturated heterocycles. The second-order valence-electron chi connectivity index (χ2n) is 2.85. The summed E-state index contributed by atoms with van der Waals surface area (Å²) in [6.07, 6.45) is -1.68. The molecule has 0 aliphatic carbocycles. The number of amides is 1. The number of hydrogen-bond acceptors (Lipinski definition) is 2. The molecule has 1 aliphatic heterocycles. The van der Waals surface area contributed by atoms with E-state index < -0.39 is 24.5 Å². The Morgan fingerprint density at radius 3 is 2.67 bits per heavy atom. The monoisotopic (exact) mass is 180 g/mol. The second-order valence-corrected chi connectivity index (χ2v) is 2.85. The van der Waals surface area contributed by atoms with Crippen molar-refractivity contribution in [3.8, 4) is 0 Å². The number of nitrogens with zero attached hydrogens (tertiary/aromatic N) is 1. The van der Waals surface area contributed by atoms with E-state index in [9.17, 15) is 13.6 Å². The summed E-state index contributed by atoms with van der Waals surface area (Å²) < 4.78 is 25.4. The van der Waals surface area contributed by atoms with E-state index >= 15 is 0 Å². The predicted molar refractivity (Wildman–Crippen MR) is 37.1 cm³/mol. The molecular formula is C6H10F2N2O2. The molecule has 1 atom stereocenters. The molecule has 1 fully saturated rings. The van der Waals surface area contributed by atoms with Crippen LogP contribution in [-0.2, 0) is 0 Å². The third-order valence-electron chi connectivity index (χ3n) is 1.95. The first-order valence-electron chi connectivity index (χ1n) is 3.55. The van der Waals surface area contributed by atoms with Crippen molar-refractivity contribution < 1.29 is 18.7 Å². The van der Waals surface area contributed by atoms with E-state index in [0.29, 0.717) is 0 Å². The van der Waals surface area contributed by atoms with E-state index in [-0.39, 0.29) is 13.1 Å².